The highest BCUT2D eigenvalue weighted by atomic mass is 32.2. The molecule has 2 aromatic rings. The molecule has 2 aliphatic rings. The Hall–Kier alpha value is -1.81. The molecule has 170 valence electrons. The van der Waals surface area contributed by atoms with Crippen molar-refractivity contribution in [3.63, 3.8) is 0 Å². The first-order valence-corrected chi connectivity index (χ1v) is 13.9. The number of amides is 1. The van der Waals surface area contributed by atoms with Crippen LogP contribution in [0.25, 0.3) is 11.6 Å². The van der Waals surface area contributed by atoms with Crippen molar-refractivity contribution in [3.05, 3.63) is 18.4 Å². The van der Waals surface area contributed by atoms with Crippen LogP contribution in [-0.4, -0.2) is 63.8 Å². The number of furan rings is 1. The molecular weight excluding hydrogens is 436 g/mol. The van der Waals surface area contributed by atoms with Crippen molar-refractivity contribution < 1.29 is 17.6 Å². The summed E-state index contributed by atoms with van der Waals surface area (Å²) in [6.07, 6.45) is 8.67. The van der Waals surface area contributed by atoms with E-state index in [9.17, 15) is 13.2 Å². The van der Waals surface area contributed by atoms with E-state index in [0.29, 0.717) is 30.6 Å². The molecule has 0 N–H and O–H groups in total. The van der Waals surface area contributed by atoms with Crippen LogP contribution in [0.1, 0.15) is 57.9 Å². The van der Waals surface area contributed by atoms with E-state index in [-0.39, 0.29) is 29.2 Å². The third-order valence-electron chi connectivity index (χ3n) is 6.10. The van der Waals surface area contributed by atoms with Crippen LogP contribution in [0.2, 0.25) is 0 Å². The lowest BCUT2D eigenvalue weighted by atomic mass is 9.95. The SMILES string of the molecule is CCCN(C(=O)CSc1nnc(-c2ccco2)n1C1CCCCC1)C1CCS(=O)(=O)C1. The molecule has 0 bridgehead atoms. The summed E-state index contributed by atoms with van der Waals surface area (Å²) in [6.45, 7) is 2.58. The van der Waals surface area contributed by atoms with E-state index in [4.69, 9.17) is 4.42 Å². The van der Waals surface area contributed by atoms with Crippen molar-refractivity contribution in [1.82, 2.24) is 19.7 Å². The maximum Gasteiger partial charge on any atom is 0.233 e. The van der Waals surface area contributed by atoms with Gasteiger partial charge in [-0.3, -0.25) is 9.36 Å². The third kappa shape index (κ3) is 5.16. The maximum absolute atomic E-state index is 13.1. The van der Waals surface area contributed by atoms with Gasteiger partial charge in [0.15, 0.2) is 20.8 Å². The summed E-state index contributed by atoms with van der Waals surface area (Å²) in [5, 5.41) is 9.50. The first-order chi connectivity index (χ1) is 15.0. The largest absolute Gasteiger partial charge is 0.461 e. The quantitative estimate of drug-likeness (QED) is 0.549. The topological polar surface area (TPSA) is 98.3 Å². The third-order valence-corrected chi connectivity index (χ3v) is 8.78. The summed E-state index contributed by atoms with van der Waals surface area (Å²) < 4.78 is 31.5. The smallest absolute Gasteiger partial charge is 0.233 e. The van der Waals surface area contributed by atoms with Gasteiger partial charge >= 0.3 is 0 Å². The van der Waals surface area contributed by atoms with Crippen LogP contribution in [0.5, 0.6) is 0 Å². The highest BCUT2D eigenvalue weighted by molar-refractivity contribution is 7.99. The van der Waals surface area contributed by atoms with E-state index in [1.165, 1.54) is 31.0 Å². The molecule has 1 atom stereocenters. The lowest BCUT2D eigenvalue weighted by molar-refractivity contribution is -0.130. The Labute approximate surface area is 187 Å². The first kappa shape index (κ1) is 22.4. The number of thioether (sulfide) groups is 1. The van der Waals surface area contributed by atoms with Gasteiger partial charge in [0.2, 0.25) is 11.7 Å². The zero-order chi connectivity index (χ0) is 21.8. The highest BCUT2D eigenvalue weighted by Gasteiger charge is 2.34. The van der Waals surface area contributed by atoms with Crippen molar-refractivity contribution in [3.8, 4) is 11.6 Å². The zero-order valence-corrected chi connectivity index (χ0v) is 19.5. The van der Waals surface area contributed by atoms with Crippen LogP contribution in [-0.2, 0) is 14.6 Å². The van der Waals surface area contributed by atoms with Gasteiger partial charge < -0.3 is 9.32 Å². The molecule has 0 radical (unpaired) electrons. The minimum Gasteiger partial charge on any atom is -0.461 e. The van der Waals surface area contributed by atoms with E-state index >= 15 is 0 Å². The van der Waals surface area contributed by atoms with Crippen molar-refractivity contribution in [1.29, 1.82) is 0 Å². The lowest BCUT2D eigenvalue weighted by Crippen LogP contribution is -2.42. The van der Waals surface area contributed by atoms with Crippen molar-refractivity contribution in [2.24, 2.45) is 0 Å². The fourth-order valence-electron chi connectivity index (χ4n) is 4.60. The Morgan fingerprint density at radius 3 is 2.71 bits per heavy atom. The van der Waals surface area contributed by atoms with Crippen molar-refractivity contribution >= 4 is 27.5 Å². The molecule has 4 rings (SSSR count). The van der Waals surface area contributed by atoms with Gasteiger partial charge in [-0.05, 0) is 37.8 Å². The van der Waals surface area contributed by atoms with E-state index < -0.39 is 9.84 Å². The van der Waals surface area contributed by atoms with Gasteiger partial charge in [0.25, 0.3) is 0 Å². The molecule has 0 aromatic carbocycles. The molecular formula is C21H30N4O4S2. The van der Waals surface area contributed by atoms with Crippen LogP contribution < -0.4 is 0 Å². The number of aromatic nitrogens is 3. The van der Waals surface area contributed by atoms with Crippen molar-refractivity contribution in [2.45, 2.75) is 69.1 Å². The summed E-state index contributed by atoms with van der Waals surface area (Å²) in [7, 11) is -3.04. The molecule has 1 saturated carbocycles. The van der Waals surface area contributed by atoms with Gasteiger partial charge in [-0.2, -0.15) is 0 Å². The Balaban J connectivity index is 1.51. The van der Waals surface area contributed by atoms with Gasteiger partial charge in [0.1, 0.15) is 0 Å². The summed E-state index contributed by atoms with van der Waals surface area (Å²) >= 11 is 1.39. The molecule has 0 spiro atoms. The monoisotopic (exact) mass is 466 g/mol. The second-order valence-electron chi connectivity index (χ2n) is 8.38. The molecule has 1 aliphatic heterocycles. The molecule has 1 unspecified atom stereocenters. The van der Waals surface area contributed by atoms with Gasteiger partial charge in [0.05, 0.1) is 23.5 Å². The minimum absolute atomic E-state index is 0.0355. The Bertz CT molecular complexity index is 981. The Morgan fingerprint density at radius 2 is 2.06 bits per heavy atom. The van der Waals surface area contributed by atoms with E-state index in [1.807, 2.05) is 19.1 Å². The second-order valence-corrected chi connectivity index (χ2v) is 11.5. The molecule has 10 heteroatoms. The Morgan fingerprint density at radius 1 is 1.26 bits per heavy atom. The van der Waals surface area contributed by atoms with E-state index in [2.05, 4.69) is 14.8 Å². The van der Waals surface area contributed by atoms with Crippen LogP contribution in [0, 0.1) is 0 Å². The molecule has 1 saturated heterocycles. The van der Waals surface area contributed by atoms with Crippen molar-refractivity contribution in [2.75, 3.05) is 23.8 Å². The van der Waals surface area contributed by atoms with Crippen LogP contribution in [0.3, 0.4) is 0 Å². The Kier molecular flexibility index (Phi) is 7.05. The first-order valence-electron chi connectivity index (χ1n) is 11.1. The molecule has 3 heterocycles. The standard InChI is InChI=1S/C21H30N4O4S2/c1-2-11-24(17-10-13-31(27,28)15-17)19(26)14-30-21-23-22-20(18-9-6-12-29-18)25(21)16-7-4-3-5-8-16/h6,9,12,16-17H,2-5,7-8,10-11,13-15H2,1H3. The number of nitrogens with zero attached hydrogens (tertiary/aromatic N) is 4. The average molecular weight is 467 g/mol. The number of carbonyl (C=O) groups is 1. The molecule has 2 fully saturated rings. The van der Waals surface area contributed by atoms with Gasteiger partial charge in [0, 0.05) is 18.6 Å². The fourth-order valence-corrected chi connectivity index (χ4v) is 7.22. The van der Waals surface area contributed by atoms with Gasteiger partial charge in [-0.1, -0.05) is 37.9 Å². The molecule has 1 aliphatic carbocycles. The minimum atomic E-state index is -3.04. The van der Waals surface area contributed by atoms with E-state index in [1.54, 1.807) is 11.2 Å². The average Bonchev–Trinajstić information content (AvgIpc) is 3.50. The zero-order valence-electron chi connectivity index (χ0n) is 17.9. The molecule has 31 heavy (non-hydrogen) atoms. The molecule has 1 amide bonds. The number of sulfone groups is 1. The number of hydrogen-bond acceptors (Lipinski definition) is 7. The lowest BCUT2D eigenvalue weighted by Gasteiger charge is -2.28. The number of rotatable bonds is 8. The fraction of sp³-hybridized carbons (Fsp3) is 0.667. The van der Waals surface area contributed by atoms with Crippen LogP contribution in [0.15, 0.2) is 28.0 Å². The summed E-state index contributed by atoms with van der Waals surface area (Å²) in [5.41, 5.74) is 0. The summed E-state index contributed by atoms with van der Waals surface area (Å²) in [6, 6.07) is 3.80. The molecule has 2 aromatic heterocycles. The molecule has 8 nitrogen and oxygen atoms in total. The summed E-state index contributed by atoms with van der Waals surface area (Å²) in [5.74, 6) is 1.82. The van der Waals surface area contributed by atoms with Crippen LogP contribution in [0.4, 0.5) is 0 Å². The maximum atomic E-state index is 13.1. The normalized spacial score (nSPS) is 21.4. The number of hydrogen-bond donors (Lipinski definition) is 0. The highest BCUT2D eigenvalue weighted by Crippen LogP contribution is 2.35. The predicted octanol–water partition coefficient (Wildman–Crippen LogP) is 3.56. The second kappa shape index (κ2) is 9.77. The number of carbonyl (C=O) groups excluding carboxylic acids is 1. The summed E-state index contributed by atoms with van der Waals surface area (Å²) in [4.78, 5) is 14.8. The van der Waals surface area contributed by atoms with E-state index in [0.717, 1.165) is 24.4 Å². The van der Waals surface area contributed by atoms with Gasteiger partial charge in [-0.25, -0.2) is 8.42 Å². The predicted molar refractivity (Wildman–Crippen MR) is 120 cm³/mol. The van der Waals surface area contributed by atoms with Gasteiger partial charge in [-0.15, -0.1) is 10.2 Å². The van der Waals surface area contributed by atoms with Crippen LogP contribution >= 0.6 is 11.8 Å².